The number of carboxylic acid groups (broad SMARTS) is 1. The molecule has 0 aliphatic rings. The second-order valence-electron chi connectivity index (χ2n) is 3.88. The van der Waals surface area contributed by atoms with Gasteiger partial charge in [0.05, 0.1) is 21.7 Å². The number of hydrogen-bond donors (Lipinski definition) is 2. The molecule has 7 nitrogen and oxygen atoms in total. The number of halogens is 1. The van der Waals surface area contributed by atoms with Crippen LogP contribution in [-0.4, -0.2) is 21.9 Å². The average Bonchev–Trinajstić information content (AvgIpc) is 2.90. The fourth-order valence-corrected chi connectivity index (χ4v) is 2.60. The van der Waals surface area contributed by atoms with Crippen molar-refractivity contribution in [3.05, 3.63) is 55.4 Å². The number of nitro groups is 1. The van der Waals surface area contributed by atoms with Crippen molar-refractivity contribution < 1.29 is 19.6 Å². The molecule has 0 radical (unpaired) electrons. The number of carbonyl (C=O) groups excluding carboxylic acids is 1. The summed E-state index contributed by atoms with van der Waals surface area (Å²) >= 11 is 3.97. The summed E-state index contributed by atoms with van der Waals surface area (Å²) < 4.78 is 0.559. The number of thiophene rings is 1. The number of anilines is 1. The van der Waals surface area contributed by atoms with Crippen molar-refractivity contribution in [2.75, 3.05) is 5.32 Å². The summed E-state index contributed by atoms with van der Waals surface area (Å²) in [4.78, 5) is 33.1. The summed E-state index contributed by atoms with van der Waals surface area (Å²) in [7, 11) is 0. The first-order chi connectivity index (χ1) is 9.88. The van der Waals surface area contributed by atoms with E-state index in [-0.39, 0.29) is 21.8 Å². The molecule has 1 amide bonds. The normalized spacial score (nSPS) is 10.1. The maximum Gasteiger partial charge on any atom is 0.337 e. The molecule has 2 N–H and O–H groups in total. The van der Waals surface area contributed by atoms with Gasteiger partial charge in [-0.1, -0.05) is 27.3 Å². The van der Waals surface area contributed by atoms with E-state index in [4.69, 9.17) is 5.11 Å². The highest BCUT2D eigenvalue weighted by atomic mass is 79.9. The molecule has 0 atom stereocenters. The van der Waals surface area contributed by atoms with Crippen molar-refractivity contribution in [2.24, 2.45) is 0 Å². The second-order valence-corrected chi connectivity index (χ2v) is 5.69. The molecule has 0 spiro atoms. The predicted octanol–water partition coefficient (Wildman–Crippen LogP) is 3.37. The SMILES string of the molecule is O=C(Nc1ccc(Br)cc1C(=O)O)c1csc([N+](=O)[O-])c1. The maximum atomic E-state index is 12.0. The third-order valence-electron chi connectivity index (χ3n) is 2.49. The zero-order valence-electron chi connectivity index (χ0n) is 10.2. The van der Waals surface area contributed by atoms with Crippen molar-refractivity contribution in [2.45, 2.75) is 0 Å². The zero-order valence-corrected chi connectivity index (χ0v) is 12.6. The molecule has 2 aromatic rings. The summed E-state index contributed by atoms with van der Waals surface area (Å²) in [5.41, 5.74) is 0.137. The zero-order chi connectivity index (χ0) is 15.6. The van der Waals surface area contributed by atoms with Crippen LogP contribution in [0.1, 0.15) is 20.7 Å². The van der Waals surface area contributed by atoms with Crippen LogP contribution in [0.5, 0.6) is 0 Å². The van der Waals surface area contributed by atoms with Gasteiger partial charge < -0.3 is 10.4 Å². The van der Waals surface area contributed by atoms with Crippen molar-refractivity contribution in [3.63, 3.8) is 0 Å². The highest BCUT2D eigenvalue weighted by molar-refractivity contribution is 9.10. The minimum absolute atomic E-state index is 0.0811. The van der Waals surface area contributed by atoms with Gasteiger partial charge in [-0.15, -0.1) is 0 Å². The van der Waals surface area contributed by atoms with Crippen LogP contribution in [0.3, 0.4) is 0 Å². The molecule has 0 aliphatic carbocycles. The first-order valence-electron chi connectivity index (χ1n) is 5.45. The third kappa shape index (κ3) is 3.44. The largest absolute Gasteiger partial charge is 0.478 e. The number of aromatic carboxylic acids is 1. The number of hydrogen-bond acceptors (Lipinski definition) is 5. The monoisotopic (exact) mass is 370 g/mol. The first-order valence-corrected chi connectivity index (χ1v) is 7.13. The van der Waals surface area contributed by atoms with Crippen molar-refractivity contribution >= 4 is 49.8 Å². The molecule has 1 aromatic heterocycles. The van der Waals surface area contributed by atoms with E-state index >= 15 is 0 Å². The number of carboxylic acids is 1. The summed E-state index contributed by atoms with van der Waals surface area (Å²) in [6.07, 6.45) is 0. The summed E-state index contributed by atoms with van der Waals surface area (Å²) in [6.45, 7) is 0. The standard InChI is InChI=1S/C12H7BrN2O5S/c13-7-1-2-9(8(4-7)12(17)18)14-11(16)6-3-10(15(19)20)21-5-6/h1-5H,(H,14,16)(H,17,18). The van der Waals surface area contributed by atoms with Gasteiger partial charge in [-0.3, -0.25) is 14.9 Å². The molecule has 0 saturated heterocycles. The van der Waals surface area contributed by atoms with Crippen LogP contribution in [-0.2, 0) is 0 Å². The number of rotatable bonds is 4. The van der Waals surface area contributed by atoms with Crippen LogP contribution in [0.4, 0.5) is 10.7 Å². The molecular weight excluding hydrogens is 364 g/mol. The fourth-order valence-electron chi connectivity index (χ4n) is 1.54. The average molecular weight is 371 g/mol. The quantitative estimate of drug-likeness (QED) is 0.633. The van der Waals surface area contributed by atoms with E-state index in [9.17, 15) is 19.7 Å². The van der Waals surface area contributed by atoms with Crippen molar-refractivity contribution in [1.82, 2.24) is 0 Å². The van der Waals surface area contributed by atoms with Crippen LogP contribution >= 0.6 is 27.3 Å². The molecule has 0 saturated carbocycles. The van der Waals surface area contributed by atoms with Gasteiger partial charge in [0, 0.05) is 15.9 Å². The van der Waals surface area contributed by atoms with E-state index in [0.29, 0.717) is 4.47 Å². The van der Waals surface area contributed by atoms with E-state index in [0.717, 1.165) is 17.4 Å². The van der Waals surface area contributed by atoms with Gasteiger partial charge in [-0.2, -0.15) is 0 Å². The van der Waals surface area contributed by atoms with E-state index in [1.807, 2.05) is 0 Å². The lowest BCUT2D eigenvalue weighted by molar-refractivity contribution is -0.380. The summed E-state index contributed by atoms with van der Waals surface area (Å²) in [6, 6.07) is 5.51. The van der Waals surface area contributed by atoms with Crippen LogP contribution in [0.15, 0.2) is 34.1 Å². The molecule has 0 bridgehead atoms. The second kappa shape index (κ2) is 6.02. The van der Waals surface area contributed by atoms with Crippen LogP contribution in [0.2, 0.25) is 0 Å². The molecule has 0 fully saturated rings. The summed E-state index contributed by atoms with van der Waals surface area (Å²) in [5, 5.41) is 23.3. The Morgan fingerprint density at radius 1 is 1.33 bits per heavy atom. The van der Waals surface area contributed by atoms with Gasteiger partial charge in [-0.05, 0) is 18.2 Å². The lowest BCUT2D eigenvalue weighted by Crippen LogP contribution is -2.14. The van der Waals surface area contributed by atoms with Crippen molar-refractivity contribution in [1.29, 1.82) is 0 Å². The molecule has 2 rings (SSSR count). The third-order valence-corrected chi connectivity index (χ3v) is 3.86. The number of carbonyl (C=O) groups is 2. The van der Waals surface area contributed by atoms with Crippen LogP contribution < -0.4 is 5.32 Å². The molecule has 1 heterocycles. The Balaban J connectivity index is 2.27. The summed E-state index contributed by atoms with van der Waals surface area (Å²) in [5.74, 6) is -1.80. The van der Waals surface area contributed by atoms with Gasteiger partial charge in [0.1, 0.15) is 0 Å². The Morgan fingerprint density at radius 2 is 2.05 bits per heavy atom. The fraction of sp³-hybridized carbons (Fsp3) is 0. The minimum atomic E-state index is -1.19. The molecule has 0 aliphatic heterocycles. The van der Waals surface area contributed by atoms with Crippen LogP contribution in [0.25, 0.3) is 0 Å². The van der Waals surface area contributed by atoms with Gasteiger partial charge >= 0.3 is 11.0 Å². The first kappa shape index (κ1) is 15.1. The topological polar surface area (TPSA) is 110 Å². The molecule has 108 valence electrons. The Labute approximate surface area is 130 Å². The van der Waals surface area contributed by atoms with E-state index in [1.54, 1.807) is 6.07 Å². The smallest absolute Gasteiger partial charge is 0.337 e. The number of nitrogens with zero attached hydrogens (tertiary/aromatic N) is 1. The molecule has 0 unspecified atom stereocenters. The molecule has 9 heteroatoms. The van der Waals surface area contributed by atoms with Gasteiger partial charge in [0.15, 0.2) is 0 Å². The van der Waals surface area contributed by atoms with Crippen molar-refractivity contribution in [3.8, 4) is 0 Å². The van der Waals surface area contributed by atoms with Gasteiger partial charge in [0.25, 0.3) is 5.91 Å². The van der Waals surface area contributed by atoms with Gasteiger partial charge in [-0.25, -0.2) is 4.79 Å². The number of nitrogens with one attached hydrogen (secondary N) is 1. The van der Waals surface area contributed by atoms with Crippen LogP contribution in [0, 0.1) is 10.1 Å². The molecular formula is C12H7BrN2O5S. The highest BCUT2D eigenvalue weighted by Crippen LogP contribution is 2.25. The number of amides is 1. The van der Waals surface area contributed by atoms with Gasteiger partial charge in [0.2, 0.25) is 0 Å². The van der Waals surface area contributed by atoms with E-state index in [1.165, 1.54) is 17.5 Å². The Bertz CT molecular complexity index is 743. The number of benzene rings is 1. The minimum Gasteiger partial charge on any atom is -0.478 e. The molecule has 1 aromatic carbocycles. The molecule has 21 heavy (non-hydrogen) atoms. The van der Waals surface area contributed by atoms with E-state index < -0.39 is 16.8 Å². The Kier molecular flexibility index (Phi) is 4.34. The maximum absolute atomic E-state index is 12.0. The Morgan fingerprint density at radius 3 is 2.62 bits per heavy atom. The Hall–Kier alpha value is -2.26. The lowest BCUT2D eigenvalue weighted by Gasteiger charge is -2.07. The predicted molar refractivity (Wildman–Crippen MR) is 80.0 cm³/mol. The van der Waals surface area contributed by atoms with E-state index in [2.05, 4.69) is 21.2 Å². The highest BCUT2D eigenvalue weighted by Gasteiger charge is 2.17. The lowest BCUT2D eigenvalue weighted by atomic mass is 10.1.